The van der Waals surface area contributed by atoms with E-state index in [1.165, 1.54) is 42.5 Å². The summed E-state index contributed by atoms with van der Waals surface area (Å²) < 4.78 is 33.8. The van der Waals surface area contributed by atoms with Gasteiger partial charge in [0, 0.05) is 21.2 Å². The van der Waals surface area contributed by atoms with E-state index in [2.05, 4.69) is 0 Å². The predicted octanol–water partition coefficient (Wildman–Crippen LogP) is 5.89. The highest BCUT2D eigenvalue weighted by Gasteiger charge is 2.53. The fourth-order valence-corrected chi connectivity index (χ4v) is 5.37. The maximum atomic E-state index is 13.0. The Kier molecular flexibility index (Phi) is 5.98. The summed E-state index contributed by atoms with van der Waals surface area (Å²) in [6.07, 6.45) is 0. The molecule has 0 saturated heterocycles. The topological polar surface area (TPSA) is 94.8 Å². The maximum absolute atomic E-state index is 13.0. The molecule has 0 heterocycles. The van der Waals surface area contributed by atoms with Gasteiger partial charge in [0.05, 0.1) is 10.0 Å². The first-order chi connectivity index (χ1) is 13.5. The Bertz CT molecular complexity index is 1200. The van der Waals surface area contributed by atoms with Crippen LogP contribution in [0.25, 0.3) is 0 Å². The molecular weight excluding hydrogens is 482 g/mol. The molecule has 0 amide bonds. The summed E-state index contributed by atoms with van der Waals surface area (Å²) in [4.78, 5) is 0. The monoisotopic (exact) mass is 492 g/mol. The summed E-state index contributed by atoms with van der Waals surface area (Å²) in [6.45, 7) is 0. The van der Waals surface area contributed by atoms with Crippen LogP contribution in [0.1, 0.15) is 16.7 Å². The van der Waals surface area contributed by atoms with Gasteiger partial charge in [-0.2, -0.15) is 8.42 Å². The number of phenols is 2. The van der Waals surface area contributed by atoms with Gasteiger partial charge in [-0.3, -0.25) is 4.55 Å². The minimum absolute atomic E-state index is 0.0542. The van der Waals surface area contributed by atoms with Gasteiger partial charge < -0.3 is 10.2 Å². The molecule has 0 aromatic heterocycles. The highest BCUT2D eigenvalue weighted by atomic mass is 35.5. The molecule has 1 unspecified atom stereocenters. The van der Waals surface area contributed by atoms with E-state index in [-0.39, 0.29) is 26.2 Å². The third-order valence-corrected chi connectivity index (χ3v) is 7.13. The van der Waals surface area contributed by atoms with E-state index in [4.69, 9.17) is 46.4 Å². The summed E-state index contributed by atoms with van der Waals surface area (Å²) in [7, 11) is -5.14. The maximum Gasteiger partial charge on any atom is 0.283 e. The number of rotatable bonds is 4. The van der Waals surface area contributed by atoms with Crippen molar-refractivity contribution in [2.24, 2.45) is 0 Å². The number of phenolic OH excluding ortho intramolecular Hbond substituents is 2. The standard InChI is InChI=1S/C19H12Cl4O5S/c20-11-3-1-10(2-4-11)19(29(26,27)28,13-6-5-12(21)9-16(13)25)17-15(24)8-7-14(22)18(17)23/h1-9,24-25H,(H,26,27,28). The molecule has 0 bridgehead atoms. The van der Waals surface area contributed by atoms with E-state index < -0.39 is 31.9 Å². The van der Waals surface area contributed by atoms with Gasteiger partial charge in [0.2, 0.25) is 0 Å². The van der Waals surface area contributed by atoms with Crippen LogP contribution in [-0.2, 0) is 14.9 Å². The van der Waals surface area contributed by atoms with E-state index in [0.717, 1.165) is 12.1 Å². The number of hydrogen-bond donors (Lipinski definition) is 3. The first-order valence-electron chi connectivity index (χ1n) is 7.89. The highest BCUT2D eigenvalue weighted by molar-refractivity contribution is 7.87. The van der Waals surface area contributed by atoms with Crippen molar-refractivity contribution in [3.8, 4) is 11.5 Å². The van der Waals surface area contributed by atoms with Gasteiger partial charge in [-0.05, 0) is 42.0 Å². The SMILES string of the molecule is O=S(=O)(O)C(c1ccc(Cl)cc1)(c1ccc(Cl)cc1O)c1c(O)ccc(Cl)c1Cl. The van der Waals surface area contributed by atoms with Gasteiger partial charge in [0.25, 0.3) is 10.1 Å². The molecule has 0 aliphatic carbocycles. The highest BCUT2D eigenvalue weighted by Crippen LogP contribution is 2.53. The lowest BCUT2D eigenvalue weighted by Gasteiger charge is -2.34. The lowest BCUT2D eigenvalue weighted by atomic mass is 9.83. The van der Waals surface area contributed by atoms with Crippen LogP contribution >= 0.6 is 46.4 Å². The first-order valence-corrected chi connectivity index (χ1v) is 10.8. The van der Waals surface area contributed by atoms with Crippen LogP contribution in [0.5, 0.6) is 11.5 Å². The van der Waals surface area contributed by atoms with E-state index in [1.807, 2.05) is 0 Å². The zero-order chi connectivity index (χ0) is 21.6. The van der Waals surface area contributed by atoms with Crippen molar-refractivity contribution in [2.45, 2.75) is 4.75 Å². The van der Waals surface area contributed by atoms with E-state index in [9.17, 15) is 23.2 Å². The number of hydrogen-bond acceptors (Lipinski definition) is 4. The van der Waals surface area contributed by atoms with Crippen LogP contribution < -0.4 is 0 Å². The van der Waals surface area contributed by atoms with Crippen molar-refractivity contribution in [1.29, 1.82) is 0 Å². The minimum Gasteiger partial charge on any atom is -0.508 e. The Hall–Kier alpha value is -1.67. The minimum atomic E-state index is -5.14. The number of benzene rings is 3. The van der Waals surface area contributed by atoms with Crippen LogP contribution in [0.15, 0.2) is 54.6 Å². The molecule has 152 valence electrons. The van der Waals surface area contributed by atoms with Crippen molar-refractivity contribution >= 4 is 56.5 Å². The number of halogens is 4. The predicted molar refractivity (Wildman–Crippen MR) is 114 cm³/mol. The second-order valence-corrected chi connectivity index (χ2v) is 9.30. The van der Waals surface area contributed by atoms with Crippen LogP contribution in [0.2, 0.25) is 20.1 Å². The van der Waals surface area contributed by atoms with E-state index in [1.54, 1.807) is 0 Å². The third kappa shape index (κ3) is 3.65. The molecule has 0 fully saturated rings. The fourth-order valence-electron chi connectivity index (χ4n) is 3.21. The quantitative estimate of drug-likeness (QED) is 0.311. The third-order valence-electron chi connectivity index (χ3n) is 4.40. The summed E-state index contributed by atoms with van der Waals surface area (Å²) in [6, 6.07) is 11.4. The van der Waals surface area contributed by atoms with Gasteiger partial charge in [-0.1, -0.05) is 64.6 Å². The Morgan fingerprint density at radius 1 is 0.759 bits per heavy atom. The molecule has 0 spiro atoms. The lowest BCUT2D eigenvalue weighted by Crippen LogP contribution is -2.38. The Morgan fingerprint density at radius 2 is 1.34 bits per heavy atom. The molecule has 0 aliphatic rings. The smallest absolute Gasteiger partial charge is 0.283 e. The number of aromatic hydroxyl groups is 2. The van der Waals surface area contributed by atoms with Crippen LogP contribution in [0.3, 0.4) is 0 Å². The first kappa shape index (κ1) is 22.0. The summed E-state index contributed by atoms with van der Waals surface area (Å²) in [5.41, 5.74) is -0.790. The summed E-state index contributed by atoms with van der Waals surface area (Å²) in [5, 5.41) is 21.2. The molecule has 3 rings (SSSR count). The fraction of sp³-hybridized carbons (Fsp3) is 0.0526. The van der Waals surface area contributed by atoms with Gasteiger partial charge in [0.1, 0.15) is 11.5 Å². The van der Waals surface area contributed by atoms with Crippen molar-refractivity contribution in [2.75, 3.05) is 0 Å². The largest absolute Gasteiger partial charge is 0.508 e. The molecule has 5 nitrogen and oxygen atoms in total. The second-order valence-electron chi connectivity index (χ2n) is 6.08. The molecule has 3 N–H and O–H groups in total. The molecule has 0 saturated carbocycles. The molecular formula is C19H12Cl4O5S. The molecule has 29 heavy (non-hydrogen) atoms. The van der Waals surface area contributed by atoms with Gasteiger partial charge in [-0.25, -0.2) is 0 Å². The zero-order valence-corrected chi connectivity index (χ0v) is 18.1. The normalized spacial score (nSPS) is 13.8. The molecule has 0 radical (unpaired) electrons. The molecule has 10 heteroatoms. The molecule has 3 aromatic carbocycles. The van der Waals surface area contributed by atoms with Crippen molar-refractivity contribution < 1.29 is 23.2 Å². The van der Waals surface area contributed by atoms with Crippen LogP contribution in [0, 0.1) is 0 Å². The molecule has 3 aromatic rings. The van der Waals surface area contributed by atoms with Gasteiger partial charge in [-0.15, -0.1) is 0 Å². The van der Waals surface area contributed by atoms with Crippen LogP contribution in [-0.4, -0.2) is 23.2 Å². The average molecular weight is 494 g/mol. The second kappa shape index (κ2) is 7.87. The van der Waals surface area contributed by atoms with Crippen molar-refractivity contribution in [3.63, 3.8) is 0 Å². The van der Waals surface area contributed by atoms with Crippen molar-refractivity contribution in [3.05, 3.63) is 91.4 Å². The van der Waals surface area contributed by atoms with Crippen LogP contribution in [0.4, 0.5) is 0 Å². The Morgan fingerprint density at radius 3 is 1.90 bits per heavy atom. The van der Waals surface area contributed by atoms with E-state index >= 15 is 0 Å². The summed E-state index contributed by atoms with van der Waals surface area (Å²) >= 11 is 24.2. The zero-order valence-electron chi connectivity index (χ0n) is 14.3. The lowest BCUT2D eigenvalue weighted by molar-refractivity contribution is 0.428. The van der Waals surface area contributed by atoms with Gasteiger partial charge >= 0.3 is 0 Å². The molecule has 1 atom stereocenters. The summed E-state index contributed by atoms with van der Waals surface area (Å²) in [5.74, 6) is -1.12. The van der Waals surface area contributed by atoms with E-state index in [0.29, 0.717) is 5.02 Å². The average Bonchev–Trinajstić information content (AvgIpc) is 2.63. The van der Waals surface area contributed by atoms with Gasteiger partial charge in [0.15, 0.2) is 4.75 Å². The Labute approximate surface area is 186 Å². The van der Waals surface area contributed by atoms with Crippen molar-refractivity contribution in [1.82, 2.24) is 0 Å². The Balaban J connectivity index is 2.63. The molecule has 0 aliphatic heterocycles.